The van der Waals surface area contributed by atoms with Crippen LogP contribution < -0.4 is 10.2 Å². The summed E-state index contributed by atoms with van der Waals surface area (Å²) in [5.41, 5.74) is 2.09. The maximum absolute atomic E-state index is 13.1. The van der Waals surface area contributed by atoms with Gasteiger partial charge in [-0.2, -0.15) is 0 Å². The van der Waals surface area contributed by atoms with Crippen LogP contribution in [0.15, 0.2) is 76.9 Å². The number of carbonyl (C=O) groups is 2. The van der Waals surface area contributed by atoms with Crippen molar-refractivity contribution in [2.45, 2.75) is 0 Å². The predicted molar refractivity (Wildman–Crippen MR) is 121 cm³/mol. The first kappa shape index (κ1) is 19.6. The molecule has 5 nitrogen and oxygen atoms in total. The van der Waals surface area contributed by atoms with Gasteiger partial charge in [-0.15, -0.1) is 0 Å². The number of hydrogen-bond donors (Lipinski definition) is 1. The molecule has 1 N–H and O–H groups in total. The van der Waals surface area contributed by atoms with Gasteiger partial charge in [0.1, 0.15) is 5.57 Å². The summed E-state index contributed by atoms with van der Waals surface area (Å²) in [5.74, 6) is -1.02. The first-order valence-corrected chi connectivity index (χ1v) is 10.1. The van der Waals surface area contributed by atoms with Gasteiger partial charge in [0, 0.05) is 27.1 Å². The smallest absolute Gasteiger partial charge is 0.270 e. The van der Waals surface area contributed by atoms with Crippen LogP contribution in [0.4, 0.5) is 5.69 Å². The van der Waals surface area contributed by atoms with E-state index in [9.17, 15) is 9.59 Å². The maximum Gasteiger partial charge on any atom is 0.270 e. The fourth-order valence-electron chi connectivity index (χ4n) is 3.00. The van der Waals surface area contributed by atoms with Crippen molar-refractivity contribution < 1.29 is 9.59 Å². The Balaban J connectivity index is 1.75. The molecular formula is C21H13BrClN3O2S. The highest BCUT2D eigenvalue weighted by molar-refractivity contribution is 9.10. The zero-order chi connectivity index (χ0) is 20.5. The minimum Gasteiger partial charge on any atom is -0.317 e. The average Bonchev–Trinajstić information content (AvgIpc) is 3.14. The second-order valence-electron chi connectivity index (χ2n) is 6.22. The number of halogens is 2. The van der Waals surface area contributed by atoms with E-state index in [-0.39, 0.29) is 10.7 Å². The lowest BCUT2D eigenvalue weighted by atomic mass is 10.1. The van der Waals surface area contributed by atoms with Crippen molar-refractivity contribution in [3.05, 3.63) is 87.6 Å². The molecule has 2 aromatic carbocycles. The van der Waals surface area contributed by atoms with E-state index in [0.717, 1.165) is 10.2 Å². The fourth-order valence-corrected chi connectivity index (χ4v) is 3.80. The number of anilines is 1. The third-order valence-electron chi connectivity index (χ3n) is 4.35. The Bertz CT molecular complexity index is 1170. The molecule has 0 saturated carbocycles. The van der Waals surface area contributed by atoms with Crippen LogP contribution >= 0.6 is 39.7 Å². The summed E-state index contributed by atoms with van der Waals surface area (Å²) in [6.07, 6.45) is 3.40. The highest BCUT2D eigenvalue weighted by Gasteiger charge is 2.34. The molecule has 144 valence electrons. The van der Waals surface area contributed by atoms with Gasteiger partial charge < -0.3 is 4.57 Å². The van der Waals surface area contributed by atoms with Gasteiger partial charge in [-0.05, 0) is 72.9 Å². The van der Waals surface area contributed by atoms with Crippen molar-refractivity contribution in [2.75, 3.05) is 4.90 Å². The first-order valence-electron chi connectivity index (χ1n) is 8.54. The van der Waals surface area contributed by atoms with Gasteiger partial charge in [0.15, 0.2) is 5.11 Å². The van der Waals surface area contributed by atoms with Gasteiger partial charge in [0.05, 0.1) is 5.69 Å². The molecule has 0 atom stereocenters. The van der Waals surface area contributed by atoms with Crippen LogP contribution in [0.2, 0.25) is 5.02 Å². The maximum atomic E-state index is 13.1. The van der Waals surface area contributed by atoms with Crippen molar-refractivity contribution in [3.63, 3.8) is 0 Å². The number of benzene rings is 2. The third kappa shape index (κ3) is 3.89. The SMILES string of the molecule is O=C1NC(=S)N(c2cccc(Br)c2)C(=O)/C1=C\c1cccn1-c1ccc(Cl)cc1. The lowest BCUT2D eigenvalue weighted by molar-refractivity contribution is -0.122. The fraction of sp³-hybridized carbons (Fsp3) is 0. The Morgan fingerprint density at radius 2 is 1.76 bits per heavy atom. The van der Waals surface area contributed by atoms with E-state index in [2.05, 4.69) is 21.2 Å². The van der Waals surface area contributed by atoms with Crippen molar-refractivity contribution in [3.8, 4) is 5.69 Å². The Hall–Kier alpha value is -2.74. The molecule has 8 heteroatoms. The molecule has 2 amide bonds. The van der Waals surface area contributed by atoms with Crippen LogP contribution in [-0.4, -0.2) is 21.5 Å². The van der Waals surface area contributed by atoms with Crippen LogP contribution in [0.3, 0.4) is 0 Å². The lowest BCUT2D eigenvalue weighted by Gasteiger charge is -2.29. The number of rotatable bonds is 3. The Labute approximate surface area is 185 Å². The average molecular weight is 487 g/mol. The number of amides is 2. The predicted octanol–water partition coefficient (Wildman–Crippen LogP) is 4.72. The van der Waals surface area contributed by atoms with Crippen molar-refractivity contribution in [1.29, 1.82) is 0 Å². The van der Waals surface area contributed by atoms with Crippen LogP contribution in [0, 0.1) is 0 Å². The summed E-state index contributed by atoms with van der Waals surface area (Å²) >= 11 is 14.6. The number of thiocarbonyl (C=S) groups is 1. The van der Waals surface area contributed by atoms with Crippen molar-refractivity contribution in [1.82, 2.24) is 9.88 Å². The Kier molecular flexibility index (Phi) is 5.36. The van der Waals surface area contributed by atoms with E-state index in [4.69, 9.17) is 23.8 Å². The normalized spacial score (nSPS) is 15.7. The third-order valence-corrected chi connectivity index (χ3v) is 5.38. The van der Waals surface area contributed by atoms with E-state index in [1.54, 1.807) is 36.4 Å². The summed E-state index contributed by atoms with van der Waals surface area (Å²) in [6, 6.07) is 18.1. The molecule has 0 aliphatic carbocycles. The van der Waals surface area contributed by atoms with Gasteiger partial charge in [-0.25, -0.2) is 0 Å². The van der Waals surface area contributed by atoms with Crippen LogP contribution in [-0.2, 0) is 9.59 Å². The molecule has 1 aliphatic heterocycles. The summed E-state index contributed by atoms with van der Waals surface area (Å²) in [6.45, 7) is 0. The van der Waals surface area contributed by atoms with Crippen LogP contribution in [0.5, 0.6) is 0 Å². The standard InChI is InChI=1S/C21H13BrClN3O2S/c22-13-3-1-4-17(11-13)26-20(28)18(19(27)24-21(26)29)12-16-5-2-10-25(16)15-8-6-14(23)7-9-15/h1-12H,(H,24,27,29)/b18-12-. The van der Waals surface area contributed by atoms with E-state index in [1.165, 1.54) is 4.90 Å². The summed E-state index contributed by atoms with van der Waals surface area (Å²) < 4.78 is 2.66. The van der Waals surface area contributed by atoms with E-state index >= 15 is 0 Å². The van der Waals surface area contributed by atoms with Gasteiger partial charge >= 0.3 is 0 Å². The molecule has 29 heavy (non-hydrogen) atoms. The van der Waals surface area contributed by atoms with Gasteiger partial charge in [0.25, 0.3) is 11.8 Å². The number of nitrogens with zero attached hydrogens (tertiary/aromatic N) is 2. The molecule has 1 aliphatic rings. The zero-order valence-electron chi connectivity index (χ0n) is 14.8. The second-order valence-corrected chi connectivity index (χ2v) is 7.96. The topological polar surface area (TPSA) is 54.3 Å². The first-order chi connectivity index (χ1) is 13.9. The number of aromatic nitrogens is 1. The largest absolute Gasteiger partial charge is 0.317 e. The molecule has 1 fully saturated rings. The molecule has 0 bridgehead atoms. The quantitative estimate of drug-likeness (QED) is 0.331. The monoisotopic (exact) mass is 485 g/mol. The van der Waals surface area contributed by atoms with Gasteiger partial charge in [-0.1, -0.05) is 33.6 Å². The molecule has 1 saturated heterocycles. The van der Waals surface area contributed by atoms with E-state index in [0.29, 0.717) is 16.4 Å². The minimum absolute atomic E-state index is 0.00695. The molecule has 1 aromatic heterocycles. The lowest BCUT2D eigenvalue weighted by Crippen LogP contribution is -2.54. The van der Waals surface area contributed by atoms with E-state index in [1.807, 2.05) is 41.1 Å². The van der Waals surface area contributed by atoms with Crippen LogP contribution in [0.25, 0.3) is 11.8 Å². The molecule has 4 rings (SSSR count). The molecule has 0 radical (unpaired) electrons. The van der Waals surface area contributed by atoms with E-state index < -0.39 is 11.8 Å². The van der Waals surface area contributed by atoms with Gasteiger partial charge in [-0.3, -0.25) is 19.8 Å². The van der Waals surface area contributed by atoms with Crippen molar-refractivity contribution in [2.24, 2.45) is 0 Å². The van der Waals surface area contributed by atoms with Crippen LogP contribution in [0.1, 0.15) is 5.69 Å². The highest BCUT2D eigenvalue weighted by atomic mass is 79.9. The Morgan fingerprint density at radius 3 is 2.48 bits per heavy atom. The summed E-state index contributed by atoms with van der Waals surface area (Å²) in [5, 5.41) is 3.26. The number of nitrogens with one attached hydrogen (secondary N) is 1. The molecule has 2 heterocycles. The number of hydrogen-bond acceptors (Lipinski definition) is 3. The summed E-state index contributed by atoms with van der Waals surface area (Å²) in [7, 11) is 0. The molecule has 0 unspecified atom stereocenters. The number of carbonyl (C=O) groups excluding carboxylic acids is 2. The van der Waals surface area contributed by atoms with Gasteiger partial charge in [0.2, 0.25) is 0 Å². The minimum atomic E-state index is -0.532. The summed E-state index contributed by atoms with van der Waals surface area (Å²) in [4.78, 5) is 27.0. The molecule has 0 spiro atoms. The second kappa shape index (κ2) is 7.94. The Morgan fingerprint density at radius 1 is 1.00 bits per heavy atom. The molecule has 3 aromatic rings. The van der Waals surface area contributed by atoms with Crippen molar-refractivity contribution >= 4 is 68.4 Å². The zero-order valence-corrected chi connectivity index (χ0v) is 18.0. The highest BCUT2D eigenvalue weighted by Crippen LogP contribution is 2.25. The molecular weight excluding hydrogens is 474 g/mol.